The lowest BCUT2D eigenvalue weighted by molar-refractivity contribution is 0.0572. The van der Waals surface area contributed by atoms with Crippen molar-refractivity contribution in [3.8, 4) is 0 Å². The number of amides is 1. The number of halogens is 1. The summed E-state index contributed by atoms with van der Waals surface area (Å²) in [6, 6.07) is 5.66. The average Bonchev–Trinajstić information content (AvgIpc) is 2.59. The van der Waals surface area contributed by atoms with Crippen molar-refractivity contribution in [1.29, 1.82) is 0 Å². The Morgan fingerprint density at radius 3 is 2.38 bits per heavy atom. The van der Waals surface area contributed by atoms with Gasteiger partial charge in [0.2, 0.25) is 0 Å². The second-order valence-electron chi connectivity index (χ2n) is 3.82. The molecule has 1 fully saturated rings. The molecule has 1 aliphatic rings. The van der Waals surface area contributed by atoms with E-state index in [1.165, 1.54) is 23.1 Å². The number of rotatable bonds is 1. The normalized spacial score (nSPS) is 24.8. The molecular formula is C11H12FNO3. The van der Waals surface area contributed by atoms with Crippen LogP contribution in [-0.2, 0) is 0 Å². The minimum absolute atomic E-state index is 0.0360. The molecule has 0 aromatic heterocycles. The Bertz CT molecular complexity index is 400. The van der Waals surface area contributed by atoms with Gasteiger partial charge in [0.25, 0.3) is 5.91 Å². The van der Waals surface area contributed by atoms with Crippen molar-refractivity contribution in [2.75, 3.05) is 13.1 Å². The van der Waals surface area contributed by atoms with Crippen LogP contribution < -0.4 is 0 Å². The molecule has 2 atom stereocenters. The molecule has 86 valence electrons. The quantitative estimate of drug-likeness (QED) is 0.707. The third kappa shape index (κ3) is 1.91. The topological polar surface area (TPSA) is 60.8 Å². The van der Waals surface area contributed by atoms with Crippen LogP contribution in [0.15, 0.2) is 24.3 Å². The zero-order valence-corrected chi connectivity index (χ0v) is 8.51. The Labute approximate surface area is 91.9 Å². The number of likely N-dealkylation sites (tertiary alicyclic amines) is 1. The summed E-state index contributed by atoms with van der Waals surface area (Å²) in [5.74, 6) is -1.10. The van der Waals surface area contributed by atoms with Crippen molar-refractivity contribution in [3.05, 3.63) is 35.6 Å². The third-order valence-electron chi connectivity index (χ3n) is 2.65. The van der Waals surface area contributed by atoms with E-state index in [0.717, 1.165) is 0 Å². The fourth-order valence-corrected chi connectivity index (χ4v) is 1.74. The van der Waals surface area contributed by atoms with Crippen LogP contribution in [0.4, 0.5) is 4.39 Å². The minimum Gasteiger partial charge on any atom is -0.388 e. The third-order valence-corrected chi connectivity index (χ3v) is 2.65. The Morgan fingerprint density at radius 2 is 1.81 bits per heavy atom. The standard InChI is InChI=1S/C11H12FNO3/c12-8-4-2-1-3-7(8)11(16)13-5-9(14)10(15)6-13/h1-4,9-10,14-15H,5-6H2/t9-,10+. The van der Waals surface area contributed by atoms with E-state index >= 15 is 0 Å². The van der Waals surface area contributed by atoms with Crippen molar-refractivity contribution in [1.82, 2.24) is 4.90 Å². The first kappa shape index (κ1) is 11.0. The zero-order chi connectivity index (χ0) is 11.7. The summed E-state index contributed by atoms with van der Waals surface area (Å²) >= 11 is 0. The number of benzene rings is 1. The van der Waals surface area contributed by atoms with Crippen molar-refractivity contribution in [2.45, 2.75) is 12.2 Å². The second-order valence-corrected chi connectivity index (χ2v) is 3.82. The molecule has 0 spiro atoms. The van der Waals surface area contributed by atoms with Gasteiger partial charge in [-0.3, -0.25) is 4.79 Å². The summed E-state index contributed by atoms with van der Waals surface area (Å²) in [5, 5.41) is 18.6. The van der Waals surface area contributed by atoms with Gasteiger partial charge in [-0.05, 0) is 12.1 Å². The molecule has 0 radical (unpaired) electrons. The van der Waals surface area contributed by atoms with Crippen LogP contribution in [0, 0.1) is 5.82 Å². The van der Waals surface area contributed by atoms with E-state index in [9.17, 15) is 19.4 Å². The van der Waals surface area contributed by atoms with Gasteiger partial charge in [0.05, 0.1) is 17.8 Å². The molecule has 4 nitrogen and oxygen atoms in total. The molecule has 0 saturated carbocycles. The zero-order valence-electron chi connectivity index (χ0n) is 8.51. The smallest absolute Gasteiger partial charge is 0.257 e. The van der Waals surface area contributed by atoms with Crippen LogP contribution in [-0.4, -0.2) is 46.3 Å². The number of nitrogens with zero attached hydrogens (tertiary/aromatic N) is 1. The van der Waals surface area contributed by atoms with E-state index in [0.29, 0.717) is 0 Å². The number of aliphatic hydroxyl groups is 2. The van der Waals surface area contributed by atoms with Crippen LogP contribution in [0.3, 0.4) is 0 Å². The van der Waals surface area contributed by atoms with Gasteiger partial charge in [0.1, 0.15) is 5.82 Å². The first-order valence-corrected chi connectivity index (χ1v) is 4.99. The van der Waals surface area contributed by atoms with Crippen molar-refractivity contribution in [3.63, 3.8) is 0 Å². The van der Waals surface area contributed by atoms with Gasteiger partial charge < -0.3 is 15.1 Å². The molecular weight excluding hydrogens is 213 g/mol. The SMILES string of the molecule is O=C(c1ccccc1F)N1C[C@@H](O)[C@@H](O)C1. The molecule has 2 N–H and O–H groups in total. The molecule has 1 aromatic carbocycles. The van der Waals surface area contributed by atoms with Gasteiger partial charge >= 0.3 is 0 Å². The summed E-state index contributed by atoms with van der Waals surface area (Å²) in [6.07, 6.45) is -1.90. The highest BCUT2D eigenvalue weighted by Gasteiger charge is 2.33. The number of aliphatic hydroxyl groups excluding tert-OH is 2. The lowest BCUT2D eigenvalue weighted by Gasteiger charge is -2.15. The predicted octanol–water partition coefficient (Wildman–Crippen LogP) is 0.00330. The summed E-state index contributed by atoms with van der Waals surface area (Å²) in [7, 11) is 0. The molecule has 1 aliphatic heterocycles. The molecule has 1 aromatic rings. The van der Waals surface area contributed by atoms with E-state index in [2.05, 4.69) is 0 Å². The van der Waals surface area contributed by atoms with Gasteiger partial charge in [0.15, 0.2) is 0 Å². The van der Waals surface area contributed by atoms with Gasteiger partial charge in [-0.25, -0.2) is 4.39 Å². The molecule has 2 rings (SSSR count). The second kappa shape index (κ2) is 4.19. The Hall–Kier alpha value is -1.46. The van der Waals surface area contributed by atoms with E-state index in [1.54, 1.807) is 6.07 Å². The summed E-state index contributed by atoms with van der Waals surface area (Å²) in [6.45, 7) is 0.0721. The first-order chi connectivity index (χ1) is 7.59. The van der Waals surface area contributed by atoms with E-state index in [-0.39, 0.29) is 18.7 Å². The average molecular weight is 225 g/mol. The molecule has 16 heavy (non-hydrogen) atoms. The molecule has 1 saturated heterocycles. The highest BCUT2D eigenvalue weighted by atomic mass is 19.1. The minimum atomic E-state index is -0.948. The Kier molecular flexibility index (Phi) is 2.89. The van der Waals surface area contributed by atoms with Crippen LogP contribution in [0.1, 0.15) is 10.4 Å². The van der Waals surface area contributed by atoms with E-state index < -0.39 is 23.9 Å². The predicted molar refractivity (Wildman–Crippen MR) is 54.3 cm³/mol. The Morgan fingerprint density at radius 1 is 1.25 bits per heavy atom. The number of hydrogen-bond acceptors (Lipinski definition) is 3. The summed E-state index contributed by atoms with van der Waals surface area (Å²) in [4.78, 5) is 13.1. The molecule has 1 amide bonds. The number of carbonyl (C=O) groups excluding carboxylic acids is 1. The van der Waals surface area contributed by atoms with Gasteiger partial charge in [-0.1, -0.05) is 12.1 Å². The lowest BCUT2D eigenvalue weighted by Crippen LogP contribution is -2.30. The molecule has 0 aliphatic carbocycles. The van der Waals surface area contributed by atoms with Crippen molar-refractivity contribution >= 4 is 5.91 Å². The summed E-state index contributed by atoms with van der Waals surface area (Å²) < 4.78 is 13.3. The molecule has 0 bridgehead atoms. The number of hydrogen-bond donors (Lipinski definition) is 2. The Balaban J connectivity index is 2.18. The van der Waals surface area contributed by atoms with Gasteiger partial charge in [-0.15, -0.1) is 0 Å². The maximum atomic E-state index is 13.3. The van der Waals surface area contributed by atoms with Crippen LogP contribution >= 0.6 is 0 Å². The monoisotopic (exact) mass is 225 g/mol. The van der Waals surface area contributed by atoms with E-state index in [1.807, 2.05) is 0 Å². The van der Waals surface area contributed by atoms with Crippen molar-refractivity contribution in [2.24, 2.45) is 0 Å². The fraction of sp³-hybridized carbons (Fsp3) is 0.364. The van der Waals surface area contributed by atoms with Crippen LogP contribution in [0.2, 0.25) is 0 Å². The molecule has 0 unspecified atom stereocenters. The van der Waals surface area contributed by atoms with Gasteiger partial charge in [-0.2, -0.15) is 0 Å². The van der Waals surface area contributed by atoms with Crippen LogP contribution in [0.25, 0.3) is 0 Å². The van der Waals surface area contributed by atoms with E-state index in [4.69, 9.17) is 0 Å². The maximum Gasteiger partial charge on any atom is 0.257 e. The number of carbonyl (C=O) groups is 1. The van der Waals surface area contributed by atoms with Crippen molar-refractivity contribution < 1.29 is 19.4 Å². The maximum absolute atomic E-state index is 13.3. The van der Waals surface area contributed by atoms with Gasteiger partial charge in [0, 0.05) is 13.1 Å². The highest BCUT2D eigenvalue weighted by molar-refractivity contribution is 5.94. The fourth-order valence-electron chi connectivity index (χ4n) is 1.74. The summed E-state index contributed by atoms with van der Waals surface area (Å²) in [5.41, 5.74) is -0.0381. The lowest BCUT2D eigenvalue weighted by atomic mass is 10.2. The number of β-amino-alcohol motifs (C(OH)–C–C–N with tert-alkyl or cyclic N) is 2. The molecule has 5 heteroatoms. The largest absolute Gasteiger partial charge is 0.388 e. The molecule has 1 heterocycles. The highest BCUT2D eigenvalue weighted by Crippen LogP contribution is 2.16. The first-order valence-electron chi connectivity index (χ1n) is 4.99. The van der Waals surface area contributed by atoms with Crippen LogP contribution in [0.5, 0.6) is 0 Å².